The molecule has 1 unspecified atom stereocenters. The van der Waals surface area contributed by atoms with E-state index in [2.05, 4.69) is 58.0 Å². The lowest BCUT2D eigenvalue weighted by Gasteiger charge is -2.28. The molecule has 0 fully saturated rings. The van der Waals surface area contributed by atoms with Gasteiger partial charge in [-0.1, -0.05) is 67.0 Å². The van der Waals surface area contributed by atoms with Gasteiger partial charge in [0.15, 0.2) is 21.8 Å². The van der Waals surface area contributed by atoms with E-state index >= 15 is 0 Å². The highest BCUT2D eigenvalue weighted by molar-refractivity contribution is 7.90. The lowest BCUT2D eigenvalue weighted by Crippen LogP contribution is -2.77. The minimum Gasteiger partial charge on any atom is -0.508 e. The Labute approximate surface area is 224 Å². The molecule has 1 amide bonds. The van der Waals surface area contributed by atoms with E-state index in [0.29, 0.717) is 31.1 Å². The number of nitrogens with one attached hydrogen (secondary N) is 2. The molecule has 0 radical (unpaired) electrons. The maximum atomic E-state index is 12.4. The molecule has 0 spiro atoms. The summed E-state index contributed by atoms with van der Waals surface area (Å²) in [4.78, 5) is 12.4. The molecule has 0 heterocycles. The van der Waals surface area contributed by atoms with Gasteiger partial charge in [0.25, 0.3) is 0 Å². The largest absolute Gasteiger partial charge is 0.508 e. The molecule has 0 bridgehead atoms. The smallest absolute Gasteiger partial charge is 0.222 e. The molecule has 9 heteroatoms. The third-order valence-electron chi connectivity index (χ3n) is 6.87. The summed E-state index contributed by atoms with van der Waals surface area (Å²) in [7, 11) is -3.29. The van der Waals surface area contributed by atoms with E-state index in [1.54, 1.807) is 0 Å². The number of carbonyl (C=O) groups is 1. The number of carbonyl (C=O) groups excluding carboxylic acids is 1. The van der Waals surface area contributed by atoms with Crippen LogP contribution in [-0.4, -0.2) is 45.1 Å². The Morgan fingerprint density at radius 2 is 1.84 bits per heavy atom. The zero-order valence-electron chi connectivity index (χ0n) is 24.1. The molecule has 212 valence electrons. The lowest BCUT2D eigenvalue weighted by molar-refractivity contribution is -0.532. The highest BCUT2D eigenvalue weighted by Gasteiger charge is 2.29. The number of hydrogen-bond donors (Lipinski definition) is 3. The Kier molecular flexibility index (Phi) is 13.2. The van der Waals surface area contributed by atoms with Crippen molar-refractivity contribution in [2.75, 3.05) is 18.7 Å². The zero-order chi connectivity index (χ0) is 28.4. The monoisotopic (exact) mass is 538 g/mol. The van der Waals surface area contributed by atoms with Gasteiger partial charge in [-0.2, -0.15) is 0 Å². The van der Waals surface area contributed by atoms with Crippen LogP contribution in [0.1, 0.15) is 85.3 Å². The van der Waals surface area contributed by atoms with Crippen molar-refractivity contribution in [3.05, 3.63) is 34.9 Å². The second kappa shape index (κ2) is 14.8. The first-order valence-electron chi connectivity index (χ1n) is 13.5. The third kappa shape index (κ3) is 11.9. The molecular weight excluding hydrogens is 488 g/mol. The number of amides is 1. The number of rotatable bonds is 16. The molecule has 37 heavy (non-hydrogen) atoms. The van der Waals surface area contributed by atoms with Crippen molar-refractivity contribution >= 4 is 15.7 Å². The van der Waals surface area contributed by atoms with Crippen LogP contribution in [0.15, 0.2) is 18.2 Å². The second-order valence-corrected chi connectivity index (χ2v) is 14.0. The Morgan fingerprint density at radius 3 is 2.35 bits per heavy atom. The van der Waals surface area contributed by atoms with E-state index in [-0.39, 0.29) is 35.1 Å². The van der Waals surface area contributed by atoms with Gasteiger partial charge in [-0.05, 0) is 53.7 Å². The van der Waals surface area contributed by atoms with Gasteiger partial charge in [0.05, 0.1) is 6.04 Å². The lowest BCUT2D eigenvalue weighted by atomic mass is 9.80. The van der Waals surface area contributed by atoms with Gasteiger partial charge >= 0.3 is 0 Å². The number of nitrogens with zero attached hydrogens (tertiary/aromatic N) is 1. The topological polar surface area (TPSA) is 135 Å². The number of ether oxygens (including phenoxy) is 1. The van der Waals surface area contributed by atoms with E-state index in [1.165, 1.54) is 0 Å². The van der Waals surface area contributed by atoms with Crippen LogP contribution >= 0.6 is 0 Å². The highest BCUT2D eigenvalue weighted by atomic mass is 32.2. The highest BCUT2D eigenvalue weighted by Crippen LogP contribution is 2.34. The summed E-state index contributed by atoms with van der Waals surface area (Å²) in [6.45, 7) is 15.1. The van der Waals surface area contributed by atoms with Crippen LogP contribution in [0, 0.1) is 17.8 Å². The maximum Gasteiger partial charge on any atom is 0.222 e. The Balaban J connectivity index is 3.01. The molecule has 0 saturated carbocycles. The van der Waals surface area contributed by atoms with Crippen molar-refractivity contribution < 1.29 is 23.1 Å². The van der Waals surface area contributed by atoms with Crippen LogP contribution in [0.3, 0.4) is 0 Å². The first-order valence-corrected chi connectivity index (χ1v) is 15.5. The quantitative estimate of drug-likeness (QED) is 0.219. The van der Waals surface area contributed by atoms with Crippen LogP contribution < -0.4 is 20.9 Å². The van der Waals surface area contributed by atoms with E-state index in [0.717, 1.165) is 36.6 Å². The van der Waals surface area contributed by atoms with Crippen molar-refractivity contribution in [2.45, 2.75) is 98.1 Å². The van der Waals surface area contributed by atoms with Gasteiger partial charge in [0.2, 0.25) is 5.91 Å². The van der Waals surface area contributed by atoms with E-state index in [9.17, 15) is 18.7 Å². The van der Waals surface area contributed by atoms with Gasteiger partial charge in [-0.3, -0.25) is 4.79 Å². The molecule has 0 aromatic heterocycles. The molecule has 0 aliphatic rings. The number of sulfone groups is 1. The Morgan fingerprint density at radius 1 is 1.19 bits per heavy atom. The Hall–Kier alpha value is -2.00. The normalized spacial score (nSPS) is 15.6. The minimum absolute atomic E-state index is 0.0124. The second-order valence-electron chi connectivity index (χ2n) is 11.9. The van der Waals surface area contributed by atoms with Crippen LogP contribution in [0.25, 0.3) is 5.53 Å². The maximum absolute atomic E-state index is 12.4. The van der Waals surface area contributed by atoms with Crippen molar-refractivity contribution in [1.82, 2.24) is 5.32 Å². The number of hydrogen-bond acceptors (Lipinski definition) is 5. The van der Waals surface area contributed by atoms with Crippen molar-refractivity contribution in [2.24, 2.45) is 23.5 Å². The zero-order valence-corrected chi connectivity index (χ0v) is 25.0. The van der Waals surface area contributed by atoms with Crippen LogP contribution in [0.5, 0.6) is 5.75 Å². The average Bonchev–Trinajstić information content (AvgIpc) is 2.78. The summed E-state index contributed by atoms with van der Waals surface area (Å²) < 4.78 is 29.2. The van der Waals surface area contributed by atoms with Crippen molar-refractivity contribution in [1.29, 1.82) is 0 Å². The summed E-state index contributed by atoms with van der Waals surface area (Å²) in [5.41, 5.74) is 18.2. The molecule has 0 saturated heterocycles. The molecule has 8 nitrogen and oxygen atoms in total. The van der Waals surface area contributed by atoms with Gasteiger partial charge in [-0.15, -0.1) is 0 Å². The SMILES string of the molecule is CCCCNC(=O)C(C)C[C@H](N)[C@H](C[C@H](Cc1ccc(C(C)(C)C)c(OCS(C)(=O)=O)c1)C(C)C)[NH+]=[N-]. The molecule has 1 aromatic carbocycles. The van der Waals surface area contributed by atoms with Crippen LogP contribution in [0.4, 0.5) is 0 Å². The van der Waals surface area contributed by atoms with Gasteiger partial charge in [0, 0.05) is 25.1 Å². The molecule has 0 aliphatic heterocycles. The molecule has 0 aliphatic carbocycles. The standard InChI is InChI=1S/C28H50N4O4S/c1-9-10-13-31-27(33)20(4)14-24(29)25(32-30)17-22(19(2)3)15-21-11-12-23(28(5,6)7)26(16-21)36-18-37(8,34)35/h11-12,16,19-20,22,24-25,32H,9-10,13-15,17-18,29H2,1-8H3,(H,31,33)/t20?,22-,24-,25-/m0/s1. The molecular formula is C28H50N4O4S. The van der Waals surface area contributed by atoms with Gasteiger partial charge < -0.3 is 26.4 Å². The fourth-order valence-electron chi connectivity index (χ4n) is 4.39. The summed E-state index contributed by atoms with van der Waals surface area (Å²) in [6.07, 6.45) is 4.92. The fourth-order valence-corrected chi connectivity index (χ4v) is 4.73. The predicted molar refractivity (Wildman–Crippen MR) is 150 cm³/mol. The number of unbranched alkanes of at least 4 members (excludes halogenated alkanes) is 1. The van der Waals surface area contributed by atoms with Gasteiger partial charge in [-0.25, -0.2) is 8.42 Å². The summed E-state index contributed by atoms with van der Waals surface area (Å²) >= 11 is 0. The summed E-state index contributed by atoms with van der Waals surface area (Å²) in [6, 6.07) is 5.25. The number of nitrogens with two attached hydrogens (primary N) is 1. The van der Waals surface area contributed by atoms with Crippen LogP contribution in [-0.2, 0) is 26.5 Å². The van der Waals surface area contributed by atoms with Crippen molar-refractivity contribution in [3.63, 3.8) is 0 Å². The summed E-state index contributed by atoms with van der Waals surface area (Å²) in [5.74, 6) is 0.437. The molecule has 1 rings (SSSR count). The summed E-state index contributed by atoms with van der Waals surface area (Å²) in [5, 5.41) is 5.35. The van der Waals surface area contributed by atoms with E-state index < -0.39 is 15.9 Å². The first-order chi connectivity index (χ1) is 17.1. The fraction of sp³-hybridized carbons (Fsp3) is 0.750. The third-order valence-corrected chi connectivity index (χ3v) is 7.41. The van der Waals surface area contributed by atoms with Gasteiger partial charge in [0.1, 0.15) is 5.75 Å². The van der Waals surface area contributed by atoms with Crippen molar-refractivity contribution in [3.8, 4) is 5.75 Å². The van der Waals surface area contributed by atoms with E-state index in [4.69, 9.17) is 10.5 Å². The molecule has 4 atom stereocenters. The first kappa shape index (κ1) is 33.0. The Bertz CT molecular complexity index is 973. The average molecular weight is 539 g/mol. The molecule has 4 N–H and O–H groups in total. The minimum atomic E-state index is -3.29. The van der Waals surface area contributed by atoms with Crippen LogP contribution in [0.2, 0.25) is 0 Å². The number of benzene rings is 1. The molecule has 1 aromatic rings. The van der Waals surface area contributed by atoms with E-state index in [1.807, 2.05) is 19.1 Å². The predicted octanol–water partition coefficient (Wildman–Crippen LogP) is 3.31.